The van der Waals surface area contributed by atoms with Gasteiger partial charge < -0.3 is 19.7 Å². The number of urea groups is 1. The molecule has 2 aliphatic rings. The maximum atomic E-state index is 13.4. The molecular weight excluding hydrogens is 311 g/mol. The first-order valence-electron chi connectivity index (χ1n) is 8.70. The number of hydrogen-bond donors (Lipinski definition) is 1. The van der Waals surface area contributed by atoms with Gasteiger partial charge in [0.05, 0.1) is 6.10 Å². The molecule has 2 heterocycles. The Morgan fingerprint density at radius 3 is 2.79 bits per heavy atom. The van der Waals surface area contributed by atoms with Gasteiger partial charge in [0.1, 0.15) is 5.82 Å². The summed E-state index contributed by atoms with van der Waals surface area (Å²) in [6.45, 7) is 3.03. The van der Waals surface area contributed by atoms with E-state index in [1.54, 1.807) is 11.0 Å². The number of amides is 2. The van der Waals surface area contributed by atoms with Gasteiger partial charge in [0.25, 0.3) is 0 Å². The van der Waals surface area contributed by atoms with Gasteiger partial charge in [0.15, 0.2) is 0 Å². The van der Waals surface area contributed by atoms with Crippen LogP contribution < -0.4 is 5.32 Å². The molecule has 0 aromatic heterocycles. The summed E-state index contributed by atoms with van der Waals surface area (Å²) in [7, 11) is 0. The molecule has 0 radical (unpaired) electrons. The van der Waals surface area contributed by atoms with E-state index in [1.165, 1.54) is 12.1 Å². The maximum absolute atomic E-state index is 13.4. The highest BCUT2D eigenvalue weighted by molar-refractivity contribution is 5.74. The lowest BCUT2D eigenvalue weighted by Gasteiger charge is -2.30. The van der Waals surface area contributed by atoms with E-state index < -0.39 is 0 Å². The molecule has 0 saturated carbocycles. The zero-order valence-electron chi connectivity index (χ0n) is 13.9. The predicted molar refractivity (Wildman–Crippen MR) is 88.2 cm³/mol. The van der Waals surface area contributed by atoms with Gasteiger partial charge in [0, 0.05) is 39.0 Å². The van der Waals surface area contributed by atoms with Crippen molar-refractivity contribution in [3.05, 3.63) is 35.6 Å². The number of nitrogens with one attached hydrogen (secondary N) is 1. The number of carbonyl (C=O) groups excluding carboxylic acids is 1. The lowest BCUT2D eigenvalue weighted by atomic mass is 10.1. The van der Waals surface area contributed by atoms with Crippen LogP contribution in [0.25, 0.3) is 0 Å². The summed E-state index contributed by atoms with van der Waals surface area (Å²) in [5.41, 5.74) is 0.787. The van der Waals surface area contributed by atoms with Crippen LogP contribution in [0, 0.1) is 5.82 Å². The Kier molecular flexibility index (Phi) is 6.04. The summed E-state index contributed by atoms with van der Waals surface area (Å²) >= 11 is 0. The second-order valence-corrected chi connectivity index (χ2v) is 6.48. The van der Waals surface area contributed by atoms with E-state index in [4.69, 9.17) is 9.47 Å². The van der Waals surface area contributed by atoms with E-state index in [0.717, 1.165) is 37.9 Å². The minimum Gasteiger partial charge on any atom is -0.381 e. The molecular formula is C18H25FN2O3. The van der Waals surface area contributed by atoms with E-state index in [1.807, 2.05) is 6.07 Å². The van der Waals surface area contributed by atoms with Crippen LogP contribution in [0.15, 0.2) is 24.3 Å². The van der Waals surface area contributed by atoms with Crippen LogP contribution in [0.5, 0.6) is 0 Å². The molecule has 1 aromatic carbocycles. The van der Waals surface area contributed by atoms with Crippen LogP contribution in [0.2, 0.25) is 0 Å². The fourth-order valence-corrected chi connectivity index (χ4v) is 3.22. The standard InChI is InChI=1S/C18H25FN2O3/c19-15-4-1-3-14(11-15)12-21(13-17-5-2-8-24-17)18(22)20-16-6-9-23-10-7-16/h1,3-4,11,16-17H,2,5-10,12-13H2,(H,20,22)/t17-/m0/s1. The van der Waals surface area contributed by atoms with Crippen molar-refractivity contribution in [3.8, 4) is 0 Å². The van der Waals surface area contributed by atoms with Crippen molar-refractivity contribution in [1.29, 1.82) is 0 Å². The van der Waals surface area contributed by atoms with Gasteiger partial charge >= 0.3 is 6.03 Å². The minimum atomic E-state index is -0.283. The highest BCUT2D eigenvalue weighted by atomic mass is 19.1. The van der Waals surface area contributed by atoms with Crippen LogP contribution in [0.4, 0.5) is 9.18 Å². The molecule has 2 fully saturated rings. The van der Waals surface area contributed by atoms with Crippen LogP contribution in [0.3, 0.4) is 0 Å². The fraction of sp³-hybridized carbons (Fsp3) is 0.611. The average Bonchev–Trinajstić information content (AvgIpc) is 3.08. The SMILES string of the molecule is O=C(NC1CCOCC1)N(Cc1cccc(F)c1)C[C@@H]1CCCO1. The van der Waals surface area contributed by atoms with Gasteiger partial charge in [-0.15, -0.1) is 0 Å². The topological polar surface area (TPSA) is 50.8 Å². The Hall–Kier alpha value is -1.66. The average molecular weight is 336 g/mol. The summed E-state index contributed by atoms with van der Waals surface area (Å²) in [5.74, 6) is -0.283. The Labute approximate surface area is 142 Å². The molecule has 6 heteroatoms. The van der Waals surface area contributed by atoms with Gasteiger partial charge in [-0.1, -0.05) is 12.1 Å². The summed E-state index contributed by atoms with van der Waals surface area (Å²) < 4.78 is 24.4. The maximum Gasteiger partial charge on any atom is 0.318 e. The Morgan fingerprint density at radius 2 is 2.08 bits per heavy atom. The first kappa shape index (κ1) is 17.2. The molecule has 24 heavy (non-hydrogen) atoms. The molecule has 0 unspecified atom stereocenters. The fourth-order valence-electron chi connectivity index (χ4n) is 3.22. The van der Waals surface area contributed by atoms with Crippen molar-refractivity contribution in [2.45, 2.75) is 44.4 Å². The van der Waals surface area contributed by atoms with Crippen molar-refractivity contribution in [3.63, 3.8) is 0 Å². The lowest BCUT2D eigenvalue weighted by molar-refractivity contribution is 0.0682. The second-order valence-electron chi connectivity index (χ2n) is 6.48. The molecule has 0 aliphatic carbocycles. The van der Waals surface area contributed by atoms with Crippen molar-refractivity contribution in [1.82, 2.24) is 10.2 Å². The Balaban J connectivity index is 1.64. The van der Waals surface area contributed by atoms with E-state index in [-0.39, 0.29) is 24.0 Å². The quantitative estimate of drug-likeness (QED) is 0.899. The zero-order valence-corrected chi connectivity index (χ0v) is 13.9. The number of hydrogen-bond acceptors (Lipinski definition) is 3. The van der Waals surface area contributed by atoms with Gasteiger partial charge in [-0.2, -0.15) is 0 Å². The van der Waals surface area contributed by atoms with Gasteiger partial charge in [-0.25, -0.2) is 9.18 Å². The Bertz CT molecular complexity index is 543. The molecule has 2 saturated heterocycles. The predicted octanol–water partition coefficient (Wildman–Crippen LogP) is 2.70. The van der Waals surface area contributed by atoms with Crippen molar-refractivity contribution in [2.75, 3.05) is 26.4 Å². The van der Waals surface area contributed by atoms with E-state index >= 15 is 0 Å². The Morgan fingerprint density at radius 1 is 1.25 bits per heavy atom. The molecule has 5 nitrogen and oxygen atoms in total. The van der Waals surface area contributed by atoms with E-state index in [9.17, 15) is 9.18 Å². The molecule has 0 bridgehead atoms. The normalized spacial score (nSPS) is 21.6. The third kappa shape index (κ3) is 4.92. The molecule has 3 rings (SSSR count). The number of benzene rings is 1. The summed E-state index contributed by atoms with van der Waals surface area (Å²) in [6, 6.07) is 6.44. The number of halogens is 1. The smallest absolute Gasteiger partial charge is 0.318 e. The number of rotatable bonds is 5. The number of ether oxygens (including phenoxy) is 2. The van der Waals surface area contributed by atoms with E-state index in [2.05, 4.69) is 5.32 Å². The molecule has 132 valence electrons. The largest absolute Gasteiger partial charge is 0.381 e. The molecule has 0 spiro atoms. The van der Waals surface area contributed by atoms with Crippen molar-refractivity contribution < 1.29 is 18.7 Å². The summed E-state index contributed by atoms with van der Waals surface area (Å²) in [4.78, 5) is 14.4. The molecule has 1 atom stereocenters. The lowest BCUT2D eigenvalue weighted by Crippen LogP contribution is -2.48. The highest BCUT2D eigenvalue weighted by Crippen LogP contribution is 2.16. The summed E-state index contributed by atoms with van der Waals surface area (Å²) in [6.07, 6.45) is 3.72. The third-order valence-electron chi connectivity index (χ3n) is 4.55. The molecule has 1 aromatic rings. The minimum absolute atomic E-state index is 0.0685. The van der Waals surface area contributed by atoms with Crippen LogP contribution in [-0.4, -0.2) is 49.4 Å². The molecule has 2 amide bonds. The van der Waals surface area contributed by atoms with Crippen LogP contribution >= 0.6 is 0 Å². The van der Waals surface area contributed by atoms with E-state index in [0.29, 0.717) is 26.3 Å². The molecule has 2 aliphatic heterocycles. The van der Waals surface area contributed by atoms with Gasteiger partial charge in [0.2, 0.25) is 0 Å². The van der Waals surface area contributed by atoms with Crippen molar-refractivity contribution >= 4 is 6.03 Å². The number of nitrogens with zero attached hydrogens (tertiary/aromatic N) is 1. The van der Waals surface area contributed by atoms with Crippen LogP contribution in [0.1, 0.15) is 31.2 Å². The monoisotopic (exact) mass is 336 g/mol. The zero-order chi connectivity index (χ0) is 16.8. The third-order valence-corrected chi connectivity index (χ3v) is 4.55. The first-order valence-corrected chi connectivity index (χ1v) is 8.70. The molecule has 1 N–H and O–H groups in total. The van der Waals surface area contributed by atoms with Crippen LogP contribution in [-0.2, 0) is 16.0 Å². The van der Waals surface area contributed by atoms with Crippen molar-refractivity contribution in [2.24, 2.45) is 0 Å². The number of carbonyl (C=O) groups is 1. The second kappa shape index (κ2) is 8.44. The summed E-state index contributed by atoms with van der Waals surface area (Å²) in [5, 5.41) is 3.09. The van der Waals surface area contributed by atoms with Gasteiger partial charge in [-0.3, -0.25) is 0 Å². The van der Waals surface area contributed by atoms with Gasteiger partial charge in [-0.05, 0) is 43.4 Å². The highest BCUT2D eigenvalue weighted by Gasteiger charge is 2.25. The first-order chi connectivity index (χ1) is 11.7.